The van der Waals surface area contributed by atoms with Crippen molar-refractivity contribution in [2.24, 2.45) is 5.41 Å². The Hall–Kier alpha value is -2.03. The fraction of sp³-hybridized carbons (Fsp3) is 0.389. The van der Waals surface area contributed by atoms with E-state index in [0.29, 0.717) is 13.0 Å². The lowest BCUT2D eigenvalue weighted by molar-refractivity contribution is 0.0911. The van der Waals surface area contributed by atoms with Crippen molar-refractivity contribution in [1.29, 1.82) is 0 Å². The Morgan fingerprint density at radius 3 is 2.52 bits per heavy atom. The van der Waals surface area contributed by atoms with Gasteiger partial charge in [-0.3, -0.25) is 4.79 Å². The summed E-state index contributed by atoms with van der Waals surface area (Å²) in [5.41, 5.74) is 3.11. The predicted octanol–water partition coefficient (Wildman–Crippen LogP) is 4.03. The fourth-order valence-corrected chi connectivity index (χ4v) is 3.06. The lowest BCUT2D eigenvalue weighted by atomic mass is 9.76. The molecule has 1 aromatic carbocycles. The first-order chi connectivity index (χ1) is 10.00. The van der Waals surface area contributed by atoms with Crippen LogP contribution in [0.25, 0.3) is 5.69 Å². The zero-order chi connectivity index (χ0) is 15.0. The molecule has 3 nitrogen and oxygen atoms in total. The van der Waals surface area contributed by atoms with Gasteiger partial charge >= 0.3 is 0 Å². The number of fused-ring (bicyclic) bond motifs is 1. The summed E-state index contributed by atoms with van der Waals surface area (Å²) >= 11 is 0. The van der Waals surface area contributed by atoms with E-state index in [9.17, 15) is 4.79 Å². The number of ether oxygens (including phenoxy) is 1. The van der Waals surface area contributed by atoms with Gasteiger partial charge in [-0.25, -0.2) is 0 Å². The Balaban J connectivity index is 1.99. The average Bonchev–Trinajstić information content (AvgIpc) is 2.82. The maximum absolute atomic E-state index is 12.3. The highest BCUT2D eigenvalue weighted by Crippen LogP contribution is 2.36. The molecule has 1 aliphatic rings. The van der Waals surface area contributed by atoms with E-state index in [-0.39, 0.29) is 11.2 Å². The van der Waals surface area contributed by atoms with E-state index >= 15 is 0 Å². The van der Waals surface area contributed by atoms with Gasteiger partial charge in [-0.15, -0.1) is 0 Å². The van der Waals surface area contributed by atoms with Gasteiger partial charge in [0.05, 0.1) is 6.61 Å². The number of carbonyl (C=O) groups is 1. The summed E-state index contributed by atoms with van der Waals surface area (Å²) in [6, 6.07) is 9.97. The van der Waals surface area contributed by atoms with Crippen LogP contribution in [0.3, 0.4) is 0 Å². The largest absolute Gasteiger partial charge is 0.494 e. The Bertz CT molecular complexity index is 665. The number of rotatable bonds is 3. The second kappa shape index (κ2) is 5.06. The van der Waals surface area contributed by atoms with Gasteiger partial charge in [-0.1, -0.05) is 13.8 Å². The molecule has 0 atom stereocenters. The highest BCUT2D eigenvalue weighted by molar-refractivity contribution is 5.99. The van der Waals surface area contributed by atoms with Crippen LogP contribution in [-0.2, 0) is 6.42 Å². The Morgan fingerprint density at radius 1 is 1.14 bits per heavy atom. The van der Waals surface area contributed by atoms with E-state index < -0.39 is 0 Å². The van der Waals surface area contributed by atoms with Crippen LogP contribution in [0.15, 0.2) is 36.5 Å². The minimum absolute atomic E-state index is 0.0332. The molecular weight excluding hydrogens is 262 g/mol. The van der Waals surface area contributed by atoms with E-state index in [4.69, 9.17) is 4.74 Å². The van der Waals surface area contributed by atoms with Gasteiger partial charge in [-0.2, -0.15) is 0 Å². The zero-order valence-corrected chi connectivity index (χ0v) is 12.8. The molecule has 1 heterocycles. The molecule has 3 heteroatoms. The molecule has 0 spiro atoms. The smallest absolute Gasteiger partial charge is 0.165 e. The molecule has 0 fully saturated rings. The van der Waals surface area contributed by atoms with Crippen molar-refractivity contribution in [3.05, 3.63) is 47.8 Å². The highest BCUT2D eigenvalue weighted by Gasteiger charge is 2.33. The molecule has 0 bridgehead atoms. The molecule has 0 unspecified atom stereocenters. The number of benzene rings is 1. The Morgan fingerprint density at radius 2 is 1.86 bits per heavy atom. The maximum Gasteiger partial charge on any atom is 0.165 e. The molecule has 3 rings (SSSR count). The molecule has 2 aromatic rings. The van der Waals surface area contributed by atoms with Crippen LogP contribution in [0.5, 0.6) is 5.75 Å². The molecule has 1 aromatic heterocycles. The van der Waals surface area contributed by atoms with Gasteiger partial charge in [0, 0.05) is 29.6 Å². The van der Waals surface area contributed by atoms with Crippen LogP contribution in [-0.4, -0.2) is 17.0 Å². The maximum atomic E-state index is 12.3. The Kier molecular flexibility index (Phi) is 3.36. The van der Waals surface area contributed by atoms with E-state index in [1.54, 1.807) is 0 Å². The normalized spacial score (nSPS) is 16.6. The lowest BCUT2D eigenvalue weighted by Gasteiger charge is -2.29. The minimum atomic E-state index is 0.0332. The van der Waals surface area contributed by atoms with E-state index in [2.05, 4.69) is 18.4 Å². The lowest BCUT2D eigenvalue weighted by Crippen LogP contribution is -2.27. The van der Waals surface area contributed by atoms with Crippen molar-refractivity contribution < 1.29 is 9.53 Å². The zero-order valence-electron chi connectivity index (χ0n) is 12.8. The van der Waals surface area contributed by atoms with Crippen molar-refractivity contribution in [2.45, 2.75) is 33.6 Å². The molecule has 0 amide bonds. The van der Waals surface area contributed by atoms with Gasteiger partial charge in [0.1, 0.15) is 5.75 Å². The number of hydrogen-bond acceptors (Lipinski definition) is 2. The first-order valence-corrected chi connectivity index (χ1v) is 7.47. The molecular formula is C18H21NO2. The number of Topliss-reactive ketones (excluding diaryl/α,β-unsaturated/α-hetero) is 1. The summed E-state index contributed by atoms with van der Waals surface area (Å²) in [5, 5.41) is 0. The first kappa shape index (κ1) is 13.9. The minimum Gasteiger partial charge on any atom is -0.494 e. The van der Waals surface area contributed by atoms with Gasteiger partial charge in [0.25, 0.3) is 0 Å². The van der Waals surface area contributed by atoms with Gasteiger partial charge in [-0.05, 0) is 49.1 Å². The van der Waals surface area contributed by atoms with Crippen LogP contribution in [0.4, 0.5) is 0 Å². The van der Waals surface area contributed by atoms with E-state index in [1.807, 2.05) is 43.5 Å². The third kappa shape index (κ3) is 2.60. The van der Waals surface area contributed by atoms with Crippen molar-refractivity contribution in [2.75, 3.05) is 6.61 Å². The molecule has 110 valence electrons. The van der Waals surface area contributed by atoms with Crippen LogP contribution >= 0.6 is 0 Å². The van der Waals surface area contributed by atoms with Gasteiger partial charge in [0.2, 0.25) is 0 Å². The first-order valence-electron chi connectivity index (χ1n) is 7.47. The number of carbonyl (C=O) groups excluding carboxylic acids is 1. The number of hydrogen-bond donors (Lipinski definition) is 0. The SMILES string of the molecule is CCOc1ccc(-n2ccc3c2CC(C)(C)CC3=O)cc1. The van der Waals surface area contributed by atoms with Crippen LogP contribution in [0.2, 0.25) is 0 Å². The summed E-state index contributed by atoms with van der Waals surface area (Å²) in [6.45, 7) is 6.96. The number of ketones is 1. The second-order valence-electron chi connectivity index (χ2n) is 6.41. The average molecular weight is 283 g/mol. The van der Waals surface area contributed by atoms with Crippen molar-refractivity contribution in [3.8, 4) is 11.4 Å². The Labute approximate surface area is 125 Å². The van der Waals surface area contributed by atoms with Gasteiger partial charge in [0.15, 0.2) is 5.78 Å². The topological polar surface area (TPSA) is 31.2 Å². The predicted molar refractivity (Wildman–Crippen MR) is 83.4 cm³/mol. The summed E-state index contributed by atoms with van der Waals surface area (Å²) in [4.78, 5) is 12.3. The summed E-state index contributed by atoms with van der Waals surface area (Å²) in [6.07, 6.45) is 3.56. The molecule has 21 heavy (non-hydrogen) atoms. The van der Waals surface area contributed by atoms with Crippen molar-refractivity contribution >= 4 is 5.78 Å². The molecule has 0 saturated carbocycles. The van der Waals surface area contributed by atoms with Crippen molar-refractivity contribution in [1.82, 2.24) is 4.57 Å². The van der Waals surface area contributed by atoms with Crippen LogP contribution in [0, 0.1) is 5.41 Å². The van der Waals surface area contributed by atoms with E-state index in [0.717, 1.165) is 29.1 Å². The van der Waals surface area contributed by atoms with Crippen molar-refractivity contribution in [3.63, 3.8) is 0 Å². The molecule has 0 aliphatic heterocycles. The quantitative estimate of drug-likeness (QED) is 0.851. The highest BCUT2D eigenvalue weighted by atomic mass is 16.5. The fourth-order valence-electron chi connectivity index (χ4n) is 3.06. The molecule has 0 radical (unpaired) electrons. The number of nitrogens with zero attached hydrogens (tertiary/aromatic N) is 1. The van der Waals surface area contributed by atoms with E-state index in [1.165, 1.54) is 0 Å². The summed E-state index contributed by atoms with van der Waals surface area (Å²) in [7, 11) is 0. The van der Waals surface area contributed by atoms with Crippen LogP contribution in [0.1, 0.15) is 43.2 Å². The number of aromatic nitrogens is 1. The monoisotopic (exact) mass is 283 g/mol. The molecule has 0 N–H and O–H groups in total. The summed E-state index contributed by atoms with van der Waals surface area (Å²) in [5.74, 6) is 1.13. The molecule has 0 saturated heterocycles. The molecule has 1 aliphatic carbocycles. The van der Waals surface area contributed by atoms with Crippen LogP contribution < -0.4 is 4.74 Å². The second-order valence-corrected chi connectivity index (χ2v) is 6.41. The third-order valence-electron chi connectivity index (χ3n) is 4.00. The third-order valence-corrected chi connectivity index (χ3v) is 4.00. The standard InChI is InChI=1S/C18H21NO2/c1-4-21-14-7-5-13(6-8-14)19-10-9-15-16(19)11-18(2,3)12-17(15)20/h5-10H,4,11-12H2,1-3H3. The van der Waals surface area contributed by atoms with Gasteiger partial charge < -0.3 is 9.30 Å². The summed E-state index contributed by atoms with van der Waals surface area (Å²) < 4.78 is 7.61.